The molecule has 0 saturated carbocycles. The van der Waals surface area contributed by atoms with Crippen molar-refractivity contribution in [3.05, 3.63) is 35.4 Å². The van der Waals surface area contributed by atoms with E-state index >= 15 is 0 Å². The van der Waals surface area contributed by atoms with Gasteiger partial charge in [0.15, 0.2) is 0 Å². The van der Waals surface area contributed by atoms with Crippen LogP contribution >= 0.6 is 12.6 Å². The molecule has 0 aliphatic rings. The second kappa shape index (κ2) is 6.61. The standard InChI is InChI=1S/C12H11NO3S/c14-11(15)8-13-12(16)10-6-2-1-4-9(10)5-3-7-17/h1-2,4,6,17H,7-8H2,(H,13,16)(H,14,15). The predicted octanol–water partition coefficient (Wildman–Crippen LogP) is 0.782. The van der Waals surface area contributed by atoms with Gasteiger partial charge < -0.3 is 10.4 Å². The maximum atomic E-state index is 11.7. The Morgan fingerprint density at radius 2 is 2.06 bits per heavy atom. The number of hydrogen-bond donors (Lipinski definition) is 3. The van der Waals surface area contributed by atoms with Crippen LogP contribution in [0.5, 0.6) is 0 Å². The first-order valence-electron chi connectivity index (χ1n) is 4.84. The second-order valence-electron chi connectivity index (χ2n) is 3.08. The van der Waals surface area contributed by atoms with Crippen molar-refractivity contribution in [2.24, 2.45) is 0 Å². The lowest BCUT2D eigenvalue weighted by molar-refractivity contribution is -0.135. The van der Waals surface area contributed by atoms with Gasteiger partial charge in [-0.2, -0.15) is 12.6 Å². The van der Waals surface area contributed by atoms with Crippen molar-refractivity contribution in [3.8, 4) is 11.8 Å². The van der Waals surface area contributed by atoms with Crippen LogP contribution < -0.4 is 5.32 Å². The van der Waals surface area contributed by atoms with Crippen molar-refractivity contribution >= 4 is 24.5 Å². The van der Waals surface area contributed by atoms with Gasteiger partial charge in [0, 0.05) is 5.56 Å². The summed E-state index contributed by atoms with van der Waals surface area (Å²) >= 11 is 3.95. The molecular formula is C12H11NO3S. The van der Waals surface area contributed by atoms with E-state index < -0.39 is 18.4 Å². The van der Waals surface area contributed by atoms with Crippen LogP contribution in [0.25, 0.3) is 0 Å². The normalized spacial score (nSPS) is 9.00. The molecule has 4 nitrogen and oxygen atoms in total. The van der Waals surface area contributed by atoms with Crippen LogP contribution in [0.2, 0.25) is 0 Å². The summed E-state index contributed by atoms with van der Waals surface area (Å²) in [6.07, 6.45) is 0. The molecule has 2 N–H and O–H groups in total. The molecule has 1 amide bonds. The third kappa shape index (κ3) is 4.21. The van der Waals surface area contributed by atoms with E-state index in [2.05, 4.69) is 29.8 Å². The molecule has 0 saturated heterocycles. The Bertz CT molecular complexity index is 488. The maximum absolute atomic E-state index is 11.7. The van der Waals surface area contributed by atoms with Gasteiger partial charge in [-0.1, -0.05) is 24.0 Å². The van der Waals surface area contributed by atoms with Gasteiger partial charge in [0.2, 0.25) is 0 Å². The van der Waals surface area contributed by atoms with E-state index in [1.807, 2.05) is 0 Å². The van der Waals surface area contributed by atoms with Gasteiger partial charge >= 0.3 is 5.97 Å². The quantitative estimate of drug-likeness (QED) is 0.548. The van der Waals surface area contributed by atoms with E-state index in [0.717, 1.165) is 0 Å². The van der Waals surface area contributed by atoms with E-state index in [0.29, 0.717) is 16.9 Å². The van der Waals surface area contributed by atoms with Crippen molar-refractivity contribution in [3.63, 3.8) is 0 Å². The zero-order valence-corrected chi connectivity index (χ0v) is 9.83. The molecule has 1 aromatic carbocycles. The molecule has 0 fully saturated rings. The number of aliphatic carboxylic acids is 1. The fourth-order valence-corrected chi connectivity index (χ4v) is 1.26. The summed E-state index contributed by atoms with van der Waals surface area (Å²) in [5, 5.41) is 10.8. The Kier molecular flexibility index (Phi) is 5.11. The highest BCUT2D eigenvalue weighted by molar-refractivity contribution is 7.80. The monoisotopic (exact) mass is 249 g/mol. The number of hydrogen-bond acceptors (Lipinski definition) is 3. The van der Waals surface area contributed by atoms with Gasteiger partial charge in [-0.15, -0.1) is 0 Å². The van der Waals surface area contributed by atoms with Crippen molar-refractivity contribution in [1.29, 1.82) is 0 Å². The lowest BCUT2D eigenvalue weighted by Gasteiger charge is -2.04. The lowest BCUT2D eigenvalue weighted by Crippen LogP contribution is -2.29. The highest BCUT2D eigenvalue weighted by atomic mass is 32.1. The first kappa shape index (κ1) is 13.1. The smallest absolute Gasteiger partial charge is 0.322 e. The minimum Gasteiger partial charge on any atom is -0.480 e. The molecular weight excluding hydrogens is 238 g/mol. The lowest BCUT2D eigenvalue weighted by atomic mass is 10.1. The molecule has 0 spiro atoms. The van der Waals surface area contributed by atoms with E-state index in [4.69, 9.17) is 5.11 Å². The predicted molar refractivity (Wildman–Crippen MR) is 67.1 cm³/mol. The van der Waals surface area contributed by atoms with Gasteiger partial charge in [0.25, 0.3) is 5.91 Å². The van der Waals surface area contributed by atoms with E-state index in [-0.39, 0.29) is 0 Å². The summed E-state index contributed by atoms with van der Waals surface area (Å²) in [5.74, 6) is 4.40. The van der Waals surface area contributed by atoms with Crippen LogP contribution in [0.3, 0.4) is 0 Å². The van der Waals surface area contributed by atoms with Crippen LogP contribution in [0.1, 0.15) is 15.9 Å². The molecule has 17 heavy (non-hydrogen) atoms. The maximum Gasteiger partial charge on any atom is 0.322 e. The topological polar surface area (TPSA) is 66.4 Å². The molecule has 0 aromatic heterocycles. The van der Waals surface area contributed by atoms with Gasteiger partial charge in [-0.25, -0.2) is 0 Å². The Morgan fingerprint density at radius 3 is 2.71 bits per heavy atom. The number of nitrogens with one attached hydrogen (secondary N) is 1. The Hall–Kier alpha value is -1.93. The third-order valence-electron chi connectivity index (χ3n) is 1.87. The highest BCUT2D eigenvalue weighted by Crippen LogP contribution is 2.06. The van der Waals surface area contributed by atoms with Crippen molar-refractivity contribution in [2.45, 2.75) is 0 Å². The molecule has 88 valence electrons. The zero-order chi connectivity index (χ0) is 12.7. The van der Waals surface area contributed by atoms with Crippen LogP contribution in [-0.4, -0.2) is 29.3 Å². The number of rotatable bonds is 3. The minimum atomic E-state index is -1.09. The number of amides is 1. The molecule has 0 heterocycles. The molecule has 0 aliphatic carbocycles. The summed E-state index contributed by atoms with van der Waals surface area (Å²) < 4.78 is 0. The van der Waals surface area contributed by atoms with E-state index in [1.165, 1.54) is 0 Å². The van der Waals surface area contributed by atoms with Crippen LogP contribution in [-0.2, 0) is 4.79 Å². The molecule has 0 bridgehead atoms. The summed E-state index contributed by atoms with van der Waals surface area (Å²) in [6.45, 7) is -0.410. The van der Waals surface area contributed by atoms with Crippen LogP contribution in [0.15, 0.2) is 24.3 Å². The zero-order valence-electron chi connectivity index (χ0n) is 8.93. The molecule has 0 aliphatic heterocycles. The number of carbonyl (C=O) groups excluding carboxylic acids is 1. The molecule has 0 atom stereocenters. The van der Waals surface area contributed by atoms with E-state index in [1.54, 1.807) is 24.3 Å². The number of thiol groups is 1. The number of benzene rings is 1. The molecule has 0 unspecified atom stereocenters. The average Bonchev–Trinajstić information content (AvgIpc) is 2.33. The third-order valence-corrected chi connectivity index (χ3v) is 2.03. The fraction of sp³-hybridized carbons (Fsp3) is 0.167. The van der Waals surface area contributed by atoms with Gasteiger partial charge in [-0.3, -0.25) is 9.59 Å². The summed E-state index contributed by atoms with van der Waals surface area (Å²) in [7, 11) is 0. The van der Waals surface area contributed by atoms with Gasteiger partial charge in [0.05, 0.1) is 11.3 Å². The average molecular weight is 249 g/mol. The first-order valence-corrected chi connectivity index (χ1v) is 5.47. The highest BCUT2D eigenvalue weighted by Gasteiger charge is 2.10. The first-order chi connectivity index (χ1) is 8.15. The minimum absolute atomic E-state index is 0.364. The SMILES string of the molecule is O=C(O)CNC(=O)c1ccccc1C#CCS. The van der Waals surface area contributed by atoms with Gasteiger partial charge in [-0.05, 0) is 12.1 Å². The molecule has 1 rings (SSSR count). The number of carbonyl (C=O) groups is 2. The second-order valence-corrected chi connectivity index (χ2v) is 3.40. The number of carboxylic acids is 1. The molecule has 1 aromatic rings. The van der Waals surface area contributed by atoms with E-state index in [9.17, 15) is 9.59 Å². The van der Waals surface area contributed by atoms with Crippen LogP contribution in [0, 0.1) is 11.8 Å². The fourth-order valence-electron chi connectivity index (χ4n) is 1.18. The van der Waals surface area contributed by atoms with Gasteiger partial charge in [0.1, 0.15) is 6.54 Å². The van der Waals surface area contributed by atoms with Crippen molar-refractivity contribution in [1.82, 2.24) is 5.32 Å². The number of carboxylic acid groups (broad SMARTS) is 1. The van der Waals surface area contributed by atoms with Crippen molar-refractivity contribution in [2.75, 3.05) is 12.3 Å². The Labute approximate surface area is 104 Å². The summed E-state index contributed by atoms with van der Waals surface area (Å²) in [4.78, 5) is 22.0. The van der Waals surface area contributed by atoms with Crippen LogP contribution in [0.4, 0.5) is 0 Å². The Morgan fingerprint density at radius 1 is 1.35 bits per heavy atom. The Balaban J connectivity index is 2.89. The molecule has 0 radical (unpaired) electrons. The summed E-state index contributed by atoms with van der Waals surface area (Å²) in [5.41, 5.74) is 0.924. The van der Waals surface area contributed by atoms with Crippen molar-refractivity contribution < 1.29 is 14.7 Å². The molecule has 5 heteroatoms. The largest absolute Gasteiger partial charge is 0.480 e. The summed E-state index contributed by atoms with van der Waals surface area (Å²) in [6, 6.07) is 6.75.